The fraction of sp³-hybridized carbons (Fsp3) is 0.333. The first-order valence-corrected chi connectivity index (χ1v) is 8.52. The smallest absolute Gasteiger partial charge is 0.349 e. The van der Waals surface area contributed by atoms with Crippen LogP contribution in [0.2, 0.25) is 0 Å². The van der Waals surface area contributed by atoms with Gasteiger partial charge in [0.25, 0.3) is 0 Å². The summed E-state index contributed by atoms with van der Waals surface area (Å²) < 4.78 is 7.64. The first-order chi connectivity index (χ1) is 12.0. The van der Waals surface area contributed by atoms with Gasteiger partial charge in [0.05, 0.1) is 0 Å². The van der Waals surface area contributed by atoms with Crippen molar-refractivity contribution in [2.75, 3.05) is 0 Å². The molecule has 130 valence electrons. The lowest BCUT2D eigenvalue weighted by Gasteiger charge is -2.13. The molecule has 0 N–H and O–H groups in total. The van der Waals surface area contributed by atoms with Crippen LogP contribution in [0.1, 0.15) is 48.9 Å². The summed E-state index contributed by atoms with van der Waals surface area (Å²) in [5, 5.41) is 9.39. The van der Waals surface area contributed by atoms with E-state index in [1.807, 2.05) is 56.3 Å². The van der Waals surface area contributed by atoms with Crippen molar-refractivity contribution in [3.05, 3.63) is 64.5 Å². The quantitative estimate of drug-likeness (QED) is 0.435. The Morgan fingerprint density at radius 1 is 1.32 bits per heavy atom. The minimum absolute atomic E-state index is 0.0135. The highest BCUT2D eigenvalue weighted by Crippen LogP contribution is 2.21. The van der Waals surface area contributed by atoms with Crippen molar-refractivity contribution in [2.24, 2.45) is 0 Å². The predicted molar refractivity (Wildman–Crippen MR) is 98.7 cm³/mol. The molecule has 2 rings (SSSR count). The number of esters is 1. The van der Waals surface area contributed by atoms with E-state index in [0.717, 1.165) is 35.5 Å². The van der Waals surface area contributed by atoms with Gasteiger partial charge in [-0.25, -0.2) is 4.79 Å². The van der Waals surface area contributed by atoms with E-state index >= 15 is 0 Å². The average molecular weight is 336 g/mol. The maximum absolute atomic E-state index is 12.4. The number of hydrogen-bond acceptors (Lipinski definition) is 3. The minimum Gasteiger partial charge on any atom is -0.454 e. The first kappa shape index (κ1) is 18.5. The van der Waals surface area contributed by atoms with Gasteiger partial charge in [-0.2, -0.15) is 5.26 Å². The maximum Gasteiger partial charge on any atom is 0.349 e. The molecule has 4 heteroatoms. The normalized spacial score (nSPS) is 12.5. The molecular weight excluding hydrogens is 312 g/mol. The van der Waals surface area contributed by atoms with Gasteiger partial charge in [0.1, 0.15) is 17.7 Å². The van der Waals surface area contributed by atoms with Gasteiger partial charge in [0.2, 0.25) is 0 Å². The largest absolute Gasteiger partial charge is 0.454 e. The van der Waals surface area contributed by atoms with Gasteiger partial charge in [0, 0.05) is 17.9 Å². The fourth-order valence-electron chi connectivity index (χ4n) is 2.85. The predicted octanol–water partition coefficient (Wildman–Crippen LogP) is 4.73. The summed E-state index contributed by atoms with van der Waals surface area (Å²) >= 11 is 0. The summed E-state index contributed by atoms with van der Waals surface area (Å²) in [7, 11) is 0. The summed E-state index contributed by atoms with van der Waals surface area (Å²) in [6, 6.07) is 13.5. The molecule has 0 unspecified atom stereocenters. The van der Waals surface area contributed by atoms with Crippen molar-refractivity contribution in [2.45, 2.75) is 46.8 Å². The number of hydrogen-bond donors (Lipinski definition) is 0. The van der Waals surface area contributed by atoms with Gasteiger partial charge < -0.3 is 9.30 Å². The Labute approximate surface area is 149 Å². The zero-order chi connectivity index (χ0) is 18.4. The van der Waals surface area contributed by atoms with Crippen LogP contribution in [0.3, 0.4) is 0 Å². The number of benzene rings is 1. The Balaban J connectivity index is 2.22. The highest BCUT2D eigenvalue weighted by atomic mass is 16.5. The summed E-state index contributed by atoms with van der Waals surface area (Å²) in [6.45, 7) is 8.87. The van der Waals surface area contributed by atoms with Crippen LogP contribution in [0.5, 0.6) is 0 Å². The molecule has 0 bridgehead atoms. The SMILES string of the molecule is CCCn1c(C)cc(/C=C(\C#N)C(=O)O[C@@H](C)c2ccccc2)c1C. The number of nitrogens with zero attached hydrogens (tertiary/aromatic N) is 2. The van der Waals surface area contributed by atoms with Crippen LogP contribution in [0.4, 0.5) is 0 Å². The fourth-order valence-corrected chi connectivity index (χ4v) is 2.85. The molecule has 2 aromatic rings. The van der Waals surface area contributed by atoms with Crippen LogP contribution in [0.15, 0.2) is 42.0 Å². The highest BCUT2D eigenvalue weighted by molar-refractivity contribution is 5.98. The van der Waals surface area contributed by atoms with Crippen LogP contribution < -0.4 is 0 Å². The van der Waals surface area contributed by atoms with E-state index in [9.17, 15) is 10.1 Å². The van der Waals surface area contributed by atoms with Crippen LogP contribution in [-0.4, -0.2) is 10.5 Å². The van der Waals surface area contributed by atoms with Gasteiger partial charge >= 0.3 is 5.97 Å². The number of aryl methyl sites for hydroxylation is 1. The molecule has 0 spiro atoms. The number of nitriles is 1. The zero-order valence-electron chi connectivity index (χ0n) is 15.2. The van der Waals surface area contributed by atoms with E-state index in [1.54, 1.807) is 13.0 Å². The Morgan fingerprint density at radius 2 is 2.00 bits per heavy atom. The molecule has 0 aliphatic heterocycles. The minimum atomic E-state index is -0.598. The van der Waals surface area contributed by atoms with Gasteiger partial charge in [-0.05, 0) is 50.5 Å². The second-order valence-corrected chi connectivity index (χ2v) is 6.11. The standard InChI is InChI=1S/C21H24N2O2/c1-5-11-23-15(2)12-19(16(23)3)13-20(14-22)21(24)25-17(4)18-9-7-6-8-10-18/h6-10,12-13,17H,5,11H2,1-4H3/b20-13+/t17-/m0/s1. The summed E-state index contributed by atoms with van der Waals surface area (Å²) in [4.78, 5) is 12.4. The Bertz CT molecular complexity index is 810. The van der Waals surface area contributed by atoms with Crippen molar-refractivity contribution >= 4 is 12.0 Å². The number of ether oxygens (including phenoxy) is 1. The van der Waals surface area contributed by atoms with Crippen molar-refractivity contribution < 1.29 is 9.53 Å². The number of carbonyl (C=O) groups is 1. The highest BCUT2D eigenvalue weighted by Gasteiger charge is 2.17. The number of rotatable bonds is 6. The zero-order valence-corrected chi connectivity index (χ0v) is 15.2. The van der Waals surface area contributed by atoms with Crippen LogP contribution >= 0.6 is 0 Å². The molecule has 0 saturated heterocycles. The van der Waals surface area contributed by atoms with Crippen molar-refractivity contribution in [1.82, 2.24) is 4.57 Å². The van der Waals surface area contributed by atoms with E-state index in [1.165, 1.54) is 0 Å². The van der Waals surface area contributed by atoms with Gasteiger partial charge in [0.15, 0.2) is 0 Å². The molecule has 0 aliphatic rings. The second kappa shape index (κ2) is 8.34. The van der Waals surface area contributed by atoms with E-state index in [-0.39, 0.29) is 5.57 Å². The molecule has 0 saturated carbocycles. The van der Waals surface area contributed by atoms with E-state index in [0.29, 0.717) is 0 Å². The number of aromatic nitrogens is 1. The van der Waals surface area contributed by atoms with Crippen molar-refractivity contribution in [1.29, 1.82) is 5.26 Å². The number of carbonyl (C=O) groups excluding carboxylic acids is 1. The molecule has 4 nitrogen and oxygen atoms in total. The Kier molecular flexibility index (Phi) is 6.19. The van der Waals surface area contributed by atoms with Gasteiger partial charge in [-0.1, -0.05) is 37.3 Å². The van der Waals surface area contributed by atoms with Gasteiger partial charge in [-0.15, -0.1) is 0 Å². The Morgan fingerprint density at radius 3 is 2.60 bits per heavy atom. The summed E-state index contributed by atoms with van der Waals surface area (Å²) in [5.74, 6) is -0.598. The molecule has 1 aromatic heterocycles. The molecule has 25 heavy (non-hydrogen) atoms. The van der Waals surface area contributed by atoms with E-state index in [4.69, 9.17) is 4.74 Å². The van der Waals surface area contributed by atoms with Crippen molar-refractivity contribution in [3.63, 3.8) is 0 Å². The lowest BCUT2D eigenvalue weighted by Crippen LogP contribution is -2.10. The van der Waals surface area contributed by atoms with Crippen LogP contribution in [-0.2, 0) is 16.1 Å². The molecule has 0 amide bonds. The molecule has 0 aliphatic carbocycles. The van der Waals surface area contributed by atoms with E-state index < -0.39 is 12.1 Å². The topological polar surface area (TPSA) is 55.0 Å². The molecular formula is C21H24N2O2. The lowest BCUT2D eigenvalue weighted by molar-refractivity contribution is -0.143. The monoisotopic (exact) mass is 336 g/mol. The molecule has 1 atom stereocenters. The first-order valence-electron chi connectivity index (χ1n) is 8.52. The van der Waals surface area contributed by atoms with Crippen LogP contribution in [0, 0.1) is 25.2 Å². The van der Waals surface area contributed by atoms with Gasteiger partial charge in [-0.3, -0.25) is 0 Å². The lowest BCUT2D eigenvalue weighted by atomic mass is 10.1. The van der Waals surface area contributed by atoms with E-state index in [2.05, 4.69) is 11.5 Å². The average Bonchev–Trinajstić information content (AvgIpc) is 2.88. The third-order valence-corrected chi connectivity index (χ3v) is 4.25. The van der Waals surface area contributed by atoms with Crippen LogP contribution in [0.25, 0.3) is 6.08 Å². The summed E-state index contributed by atoms with van der Waals surface area (Å²) in [6.07, 6.45) is 2.24. The maximum atomic E-state index is 12.4. The molecule has 1 aromatic carbocycles. The van der Waals surface area contributed by atoms with Crippen molar-refractivity contribution in [3.8, 4) is 6.07 Å². The summed E-state index contributed by atoms with van der Waals surface area (Å²) in [5.41, 5.74) is 3.96. The Hall–Kier alpha value is -2.80. The molecule has 1 heterocycles. The second-order valence-electron chi connectivity index (χ2n) is 6.11. The molecule has 0 radical (unpaired) electrons. The third-order valence-electron chi connectivity index (χ3n) is 4.25. The third kappa shape index (κ3) is 4.39. The molecule has 0 fully saturated rings.